The topological polar surface area (TPSA) is 38.0 Å². The normalized spacial score (nSPS) is 22.0. The summed E-state index contributed by atoms with van der Waals surface area (Å²) in [5, 5.41) is 14.9. The molecule has 1 aliphatic rings. The maximum absolute atomic E-state index is 10.6. The molecule has 1 heterocycles. The molecule has 0 aliphatic heterocycles. The van der Waals surface area contributed by atoms with Crippen LogP contribution in [-0.4, -0.2) is 14.9 Å². The Balaban J connectivity index is 2.03. The number of rotatable bonds is 4. The van der Waals surface area contributed by atoms with E-state index in [9.17, 15) is 5.11 Å². The molecular formula is C15H26N2O. The van der Waals surface area contributed by atoms with Crippen molar-refractivity contribution in [2.24, 2.45) is 11.3 Å². The average molecular weight is 250 g/mol. The second-order valence-electron chi connectivity index (χ2n) is 6.43. The van der Waals surface area contributed by atoms with Crippen LogP contribution in [0.4, 0.5) is 0 Å². The van der Waals surface area contributed by atoms with Gasteiger partial charge in [0.2, 0.25) is 0 Å². The molecule has 1 atom stereocenters. The lowest BCUT2D eigenvalue weighted by atomic mass is 9.71. The van der Waals surface area contributed by atoms with Crippen LogP contribution in [0, 0.1) is 11.3 Å². The minimum Gasteiger partial charge on any atom is -0.387 e. The van der Waals surface area contributed by atoms with Gasteiger partial charge < -0.3 is 5.11 Å². The van der Waals surface area contributed by atoms with Crippen molar-refractivity contribution in [1.82, 2.24) is 9.78 Å². The predicted octanol–water partition coefficient (Wildman–Crippen LogP) is 3.54. The Morgan fingerprint density at radius 1 is 1.44 bits per heavy atom. The zero-order valence-electron chi connectivity index (χ0n) is 11.9. The summed E-state index contributed by atoms with van der Waals surface area (Å²) in [6.45, 7) is 7.70. The summed E-state index contributed by atoms with van der Waals surface area (Å²) < 4.78 is 1.96. The molecule has 1 N–H and O–H groups in total. The van der Waals surface area contributed by atoms with Crippen LogP contribution in [-0.2, 0) is 6.54 Å². The van der Waals surface area contributed by atoms with E-state index in [0.717, 1.165) is 31.5 Å². The van der Waals surface area contributed by atoms with Crippen LogP contribution < -0.4 is 0 Å². The highest BCUT2D eigenvalue weighted by molar-refractivity contribution is 5.06. The number of aromatic nitrogens is 2. The Bertz CT molecular complexity index is 374. The number of aliphatic hydroxyl groups excluding tert-OH is 1. The third-order valence-corrected chi connectivity index (χ3v) is 4.32. The molecule has 2 rings (SSSR count). The van der Waals surface area contributed by atoms with E-state index in [2.05, 4.69) is 25.9 Å². The Morgan fingerprint density at radius 3 is 2.72 bits per heavy atom. The number of hydrogen-bond acceptors (Lipinski definition) is 2. The zero-order valence-corrected chi connectivity index (χ0v) is 11.9. The molecule has 1 saturated carbocycles. The molecule has 3 nitrogen and oxygen atoms in total. The van der Waals surface area contributed by atoms with Gasteiger partial charge in [-0.3, -0.25) is 4.68 Å². The van der Waals surface area contributed by atoms with Crippen LogP contribution in [0.15, 0.2) is 12.3 Å². The minimum atomic E-state index is -0.338. The van der Waals surface area contributed by atoms with Gasteiger partial charge >= 0.3 is 0 Å². The number of nitrogens with zero attached hydrogens (tertiary/aromatic N) is 2. The van der Waals surface area contributed by atoms with Gasteiger partial charge in [-0.15, -0.1) is 0 Å². The third-order valence-electron chi connectivity index (χ3n) is 4.32. The van der Waals surface area contributed by atoms with Crippen molar-refractivity contribution in [2.75, 3.05) is 0 Å². The molecule has 1 unspecified atom stereocenters. The second-order valence-corrected chi connectivity index (χ2v) is 6.43. The SMILES string of the molecule is CCCn1nccc1C(O)C1CCC(C)(C)CC1. The lowest BCUT2D eigenvalue weighted by molar-refractivity contribution is 0.0505. The van der Waals surface area contributed by atoms with Gasteiger partial charge in [0.1, 0.15) is 0 Å². The van der Waals surface area contributed by atoms with E-state index in [-0.39, 0.29) is 6.10 Å². The summed E-state index contributed by atoms with van der Waals surface area (Å²) in [7, 11) is 0. The van der Waals surface area contributed by atoms with Crippen molar-refractivity contribution in [3.05, 3.63) is 18.0 Å². The van der Waals surface area contributed by atoms with Gasteiger partial charge in [-0.25, -0.2) is 0 Å². The first-order valence-electron chi connectivity index (χ1n) is 7.23. The number of aliphatic hydroxyl groups is 1. The van der Waals surface area contributed by atoms with Crippen molar-refractivity contribution in [3.8, 4) is 0 Å². The molecular weight excluding hydrogens is 224 g/mol. The van der Waals surface area contributed by atoms with Crippen molar-refractivity contribution in [2.45, 2.75) is 65.5 Å². The third kappa shape index (κ3) is 2.94. The smallest absolute Gasteiger partial charge is 0.0984 e. The molecule has 102 valence electrons. The lowest BCUT2D eigenvalue weighted by Gasteiger charge is -2.36. The molecule has 1 aromatic heterocycles. The molecule has 0 radical (unpaired) electrons. The standard InChI is InChI=1S/C15H26N2O/c1-4-11-17-13(7-10-16-17)14(18)12-5-8-15(2,3)9-6-12/h7,10,12,14,18H,4-6,8-9,11H2,1-3H3. The van der Waals surface area contributed by atoms with Crippen molar-refractivity contribution < 1.29 is 5.11 Å². The van der Waals surface area contributed by atoms with Gasteiger partial charge in [-0.2, -0.15) is 5.10 Å². The van der Waals surface area contributed by atoms with E-state index in [4.69, 9.17) is 0 Å². The highest BCUT2D eigenvalue weighted by Gasteiger charge is 2.32. The Labute approximate surface area is 110 Å². The van der Waals surface area contributed by atoms with E-state index >= 15 is 0 Å². The highest BCUT2D eigenvalue weighted by atomic mass is 16.3. The summed E-state index contributed by atoms with van der Waals surface area (Å²) in [6, 6.07) is 1.97. The zero-order chi connectivity index (χ0) is 13.2. The molecule has 0 bridgehead atoms. The van der Waals surface area contributed by atoms with Gasteiger partial charge in [-0.05, 0) is 49.5 Å². The van der Waals surface area contributed by atoms with Crippen LogP contribution in [0.25, 0.3) is 0 Å². The summed E-state index contributed by atoms with van der Waals surface area (Å²) in [6.07, 6.45) is 7.22. The predicted molar refractivity (Wildman–Crippen MR) is 73.2 cm³/mol. The summed E-state index contributed by atoms with van der Waals surface area (Å²) in [5.74, 6) is 0.408. The highest BCUT2D eigenvalue weighted by Crippen LogP contribution is 2.42. The van der Waals surface area contributed by atoms with Crippen molar-refractivity contribution in [1.29, 1.82) is 0 Å². The Hall–Kier alpha value is -0.830. The van der Waals surface area contributed by atoms with Crippen molar-refractivity contribution in [3.63, 3.8) is 0 Å². The maximum Gasteiger partial charge on any atom is 0.0984 e. The van der Waals surface area contributed by atoms with Gasteiger partial charge in [0.15, 0.2) is 0 Å². The summed E-state index contributed by atoms with van der Waals surface area (Å²) in [4.78, 5) is 0. The first-order valence-corrected chi connectivity index (χ1v) is 7.23. The molecule has 0 saturated heterocycles. The number of aryl methyl sites for hydroxylation is 1. The monoisotopic (exact) mass is 250 g/mol. The minimum absolute atomic E-state index is 0.338. The van der Waals surface area contributed by atoms with Crippen LogP contribution in [0.2, 0.25) is 0 Å². The van der Waals surface area contributed by atoms with Gasteiger partial charge in [0, 0.05) is 12.7 Å². The first-order chi connectivity index (χ1) is 8.53. The van der Waals surface area contributed by atoms with Crippen LogP contribution >= 0.6 is 0 Å². The molecule has 1 aliphatic carbocycles. The summed E-state index contributed by atoms with van der Waals surface area (Å²) >= 11 is 0. The van der Waals surface area contributed by atoms with Crippen molar-refractivity contribution >= 4 is 0 Å². The fourth-order valence-electron chi connectivity index (χ4n) is 2.97. The molecule has 0 amide bonds. The molecule has 1 aromatic rings. The lowest BCUT2D eigenvalue weighted by Crippen LogP contribution is -2.26. The summed E-state index contributed by atoms with van der Waals surface area (Å²) in [5.41, 5.74) is 1.46. The van der Waals surface area contributed by atoms with Crippen LogP contribution in [0.1, 0.15) is 64.7 Å². The molecule has 0 spiro atoms. The second kappa shape index (κ2) is 5.43. The first kappa shape index (κ1) is 13.6. The fraction of sp³-hybridized carbons (Fsp3) is 0.800. The Morgan fingerprint density at radius 2 is 2.11 bits per heavy atom. The van der Waals surface area contributed by atoms with Gasteiger partial charge in [-0.1, -0.05) is 20.8 Å². The molecule has 0 aromatic carbocycles. The largest absolute Gasteiger partial charge is 0.387 e. The van der Waals surface area contributed by atoms with E-state index < -0.39 is 0 Å². The Kier molecular flexibility index (Phi) is 4.10. The van der Waals surface area contributed by atoms with Gasteiger partial charge in [0.05, 0.1) is 11.8 Å². The van der Waals surface area contributed by atoms with E-state index in [1.807, 2.05) is 10.7 Å². The molecule has 1 fully saturated rings. The van der Waals surface area contributed by atoms with Gasteiger partial charge in [0.25, 0.3) is 0 Å². The van der Waals surface area contributed by atoms with Crippen LogP contribution in [0.3, 0.4) is 0 Å². The number of hydrogen-bond donors (Lipinski definition) is 1. The average Bonchev–Trinajstić information content (AvgIpc) is 2.77. The van der Waals surface area contributed by atoms with Crippen LogP contribution in [0.5, 0.6) is 0 Å². The van der Waals surface area contributed by atoms with E-state index in [1.165, 1.54) is 12.8 Å². The van der Waals surface area contributed by atoms with E-state index in [1.54, 1.807) is 6.20 Å². The fourth-order valence-corrected chi connectivity index (χ4v) is 2.97. The molecule has 3 heteroatoms. The maximum atomic E-state index is 10.6. The molecule has 18 heavy (non-hydrogen) atoms. The quantitative estimate of drug-likeness (QED) is 0.887. The van der Waals surface area contributed by atoms with E-state index in [0.29, 0.717) is 11.3 Å².